The SMILES string of the molecule is CCC(C)(C)C(=O)Nc1ccccc1CCNC(=O)C1CCCCC1=COO. The summed E-state index contributed by atoms with van der Waals surface area (Å²) in [4.78, 5) is 29.2. The molecule has 2 amide bonds. The van der Waals surface area contributed by atoms with Crippen molar-refractivity contribution in [3.8, 4) is 0 Å². The van der Waals surface area contributed by atoms with Gasteiger partial charge in [-0.25, -0.2) is 5.26 Å². The lowest BCUT2D eigenvalue weighted by Crippen LogP contribution is -2.34. The summed E-state index contributed by atoms with van der Waals surface area (Å²) in [5.41, 5.74) is 2.18. The molecule has 0 aromatic heterocycles. The first-order valence-corrected chi connectivity index (χ1v) is 10.0. The Bertz CT molecular complexity index is 712. The maximum Gasteiger partial charge on any atom is 0.230 e. The van der Waals surface area contributed by atoms with E-state index in [9.17, 15) is 9.59 Å². The molecule has 0 heterocycles. The number of nitrogens with one attached hydrogen (secondary N) is 2. The van der Waals surface area contributed by atoms with Crippen LogP contribution in [0.4, 0.5) is 5.69 Å². The molecule has 1 aliphatic carbocycles. The van der Waals surface area contributed by atoms with E-state index in [0.29, 0.717) is 13.0 Å². The highest BCUT2D eigenvalue weighted by Crippen LogP contribution is 2.29. The lowest BCUT2D eigenvalue weighted by molar-refractivity contribution is -0.188. The Balaban J connectivity index is 1.95. The van der Waals surface area contributed by atoms with Crippen molar-refractivity contribution >= 4 is 17.5 Å². The van der Waals surface area contributed by atoms with Crippen LogP contribution in [0.2, 0.25) is 0 Å². The fourth-order valence-electron chi connectivity index (χ4n) is 3.30. The predicted octanol–water partition coefficient (Wildman–Crippen LogP) is 4.28. The molecule has 1 fully saturated rings. The van der Waals surface area contributed by atoms with E-state index in [-0.39, 0.29) is 17.7 Å². The lowest BCUT2D eigenvalue weighted by atomic mass is 9.84. The molecule has 28 heavy (non-hydrogen) atoms. The minimum Gasteiger partial charge on any atom is -0.355 e. The van der Waals surface area contributed by atoms with Gasteiger partial charge >= 0.3 is 0 Å². The smallest absolute Gasteiger partial charge is 0.230 e. The van der Waals surface area contributed by atoms with Gasteiger partial charge in [0.05, 0.1) is 5.92 Å². The van der Waals surface area contributed by atoms with E-state index >= 15 is 0 Å². The Morgan fingerprint density at radius 1 is 1.29 bits per heavy atom. The molecule has 6 nitrogen and oxygen atoms in total. The molecule has 154 valence electrons. The quantitative estimate of drug-likeness (QED) is 0.352. The zero-order valence-electron chi connectivity index (χ0n) is 17.1. The van der Waals surface area contributed by atoms with Gasteiger partial charge in [0.1, 0.15) is 6.26 Å². The summed E-state index contributed by atoms with van der Waals surface area (Å²) >= 11 is 0. The third kappa shape index (κ3) is 5.83. The normalized spacial score (nSPS) is 18.6. The van der Waals surface area contributed by atoms with Crippen molar-refractivity contribution in [2.24, 2.45) is 11.3 Å². The van der Waals surface area contributed by atoms with Gasteiger partial charge in [0.15, 0.2) is 0 Å². The Kier molecular flexibility index (Phi) is 8.05. The van der Waals surface area contributed by atoms with E-state index in [0.717, 1.165) is 48.9 Å². The van der Waals surface area contributed by atoms with Crippen molar-refractivity contribution in [3.63, 3.8) is 0 Å². The van der Waals surface area contributed by atoms with Crippen molar-refractivity contribution in [2.75, 3.05) is 11.9 Å². The average molecular weight is 389 g/mol. The van der Waals surface area contributed by atoms with E-state index in [4.69, 9.17) is 5.26 Å². The van der Waals surface area contributed by atoms with Crippen molar-refractivity contribution in [1.29, 1.82) is 0 Å². The van der Waals surface area contributed by atoms with E-state index in [1.165, 1.54) is 6.26 Å². The molecule has 2 rings (SSSR count). The molecular formula is C22H32N2O4. The minimum absolute atomic E-state index is 0.00697. The summed E-state index contributed by atoms with van der Waals surface area (Å²) in [6.45, 7) is 6.33. The molecule has 1 saturated carbocycles. The van der Waals surface area contributed by atoms with E-state index in [2.05, 4.69) is 15.5 Å². The van der Waals surface area contributed by atoms with Crippen LogP contribution in [0.15, 0.2) is 36.1 Å². The van der Waals surface area contributed by atoms with Crippen LogP contribution in [0.25, 0.3) is 0 Å². The van der Waals surface area contributed by atoms with Crippen LogP contribution in [-0.2, 0) is 20.9 Å². The summed E-state index contributed by atoms with van der Waals surface area (Å²) in [5, 5.41) is 14.7. The second-order valence-corrected chi connectivity index (χ2v) is 7.99. The highest BCUT2D eigenvalue weighted by atomic mass is 17.1. The number of rotatable bonds is 8. The fourth-order valence-corrected chi connectivity index (χ4v) is 3.30. The van der Waals surface area contributed by atoms with Gasteiger partial charge in [-0.05, 0) is 49.3 Å². The first-order chi connectivity index (χ1) is 13.4. The summed E-state index contributed by atoms with van der Waals surface area (Å²) in [5.74, 6) is -0.301. The highest BCUT2D eigenvalue weighted by Gasteiger charge is 2.27. The van der Waals surface area contributed by atoms with Crippen LogP contribution < -0.4 is 10.6 Å². The van der Waals surface area contributed by atoms with Gasteiger partial charge in [-0.1, -0.05) is 45.4 Å². The van der Waals surface area contributed by atoms with Crippen LogP contribution >= 0.6 is 0 Å². The van der Waals surface area contributed by atoms with Gasteiger partial charge in [-0.15, -0.1) is 0 Å². The molecule has 1 atom stereocenters. The van der Waals surface area contributed by atoms with Crippen molar-refractivity contribution in [3.05, 3.63) is 41.7 Å². The van der Waals surface area contributed by atoms with Gasteiger partial charge in [0, 0.05) is 17.6 Å². The molecule has 0 radical (unpaired) electrons. The maximum atomic E-state index is 12.5. The van der Waals surface area contributed by atoms with Gasteiger partial charge in [-0.3, -0.25) is 9.59 Å². The number of para-hydroxylation sites is 1. The topological polar surface area (TPSA) is 87.7 Å². The Morgan fingerprint density at radius 3 is 2.75 bits per heavy atom. The fraction of sp³-hybridized carbons (Fsp3) is 0.545. The molecule has 0 bridgehead atoms. The molecule has 1 aromatic carbocycles. The Labute approximate surface area is 167 Å². The number of carbonyl (C=O) groups excluding carboxylic acids is 2. The van der Waals surface area contributed by atoms with E-state index in [1.807, 2.05) is 45.0 Å². The molecule has 1 aliphatic rings. The molecule has 0 aliphatic heterocycles. The molecule has 0 spiro atoms. The van der Waals surface area contributed by atoms with E-state index in [1.54, 1.807) is 0 Å². The van der Waals surface area contributed by atoms with Crippen LogP contribution in [0.5, 0.6) is 0 Å². The van der Waals surface area contributed by atoms with Gasteiger partial charge in [0.25, 0.3) is 0 Å². The standard InChI is InChI=1S/C22H32N2O4/c1-4-22(2,3)21(26)24-19-12-8-6-9-16(19)13-14-23-20(25)18-11-7-5-10-17(18)15-28-27/h6,8-9,12,15,18,27H,4-5,7,10-11,13-14H2,1-3H3,(H,23,25)(H,24,26). The monoisotopic (exact) mass is 388 g/mol. The number of hydrogen-bond acceptors (Lipinski definition) is 4. The van der Waals surface area contributed by atoms with Gasteiger partial charge in [0.2, 0.25) is 11.8 Å². The lowest BCUT2D eigenvalue weighted by Gasteiger charge is -2.24. The first-order valence-electron chi connectivity index (χ1n) is 10.0. The first kappa shape index (κ1) is 22.0. The number of hydrogen-bond donors (Lipinski definition) is 3. The Morgan fingerprint density at radius 2 is 2.04 bits per heavy atom. The highest BCUT2D eigenvalue weighted by molar-refractivity contribution is 5.95. The molecule has 3 N–H and O–H groups in total. The zero-order valence-corrected chi connectivity index (χ0v) is 17.1. The molecular weight excluding hydrogens is 356 g/mol. The maximum absolute atomic E-state index is 12.5. The van der Waals surface area contributed by atoms with Crippen LogP contribution in [0.1, 0.15) is 58.4 Å². The number of amides is 2. The van der Waals surface area contributed by atoms with Crippen LogP contribution in [0.3, 0.4) is 0 Å². The summed E-state index contributed by atoms with van der Waals surface area (Å²) in [6.07, 6.45) is 6.18. The molecule has 6 heteroatoms. The average Bonchev–Trinajstić information content (AvgIpc) is 2.69. The molecule has 1 unspecified atom stereocenters. The number of benzene rings is 1. The largest absolute Gasteiger partial charge is 0.355 e. The predicted molar refractivity (Wildman–Crippen MR) is 110 cm³/mol. The van der Waals surface area contributed by atoms with Gasteiger partial charge < -0.3 is 15.5 Å². The van der Waals surface area contributed by atoms with E-state index < -0.39 is 5.41 Å². The summed E-state index contributed by atoms with van der Waals surface area (Å²) in [7, 11) is 0. The third-order valence-corrected chi connectivity index (χ3v) is 5.63. The second-order valence-electron chi connectivity index (χ2n) is 7.99. The third-order valence-electron chi connectivity index (χ3n) is 5.63. The van der Waals surface area contributed by atoms with Crippen molar-refractivity contribution in [1.82, 2.24) is 5.32 Å². The molecule has 1 aromatic rings. The Hall–Kier alpha value is -2.34. The number of carbonyl (C=O) groups is 2. The van der Waals surface area contributed by atoms with Crippen LogP contribution in [-0.4, -0.2) is 23.6 Å². The molecule has 0 saturated heterocycles. The number of anilines is 1. The minimum atomic E-state index is -0.431. The van der Waals surface area contributed by atoms with Gasteiger partial charge in [-0.2, -0.15) is 0 Å². The second kappa shape index (κ2) is 10.3. The van der Waals surface area contributed by atoms with Crippen molar-refractivity contribution < 1.29 is 19.7 Å². The van der Waals surface area contributed by atoms with Crippen molar-refractivity contribution in [2.45, 2.75) is 59.3 Å². The summed E-state index contributed by atoms with van der Waals surface area (Å²) < 4.78 is 0. The van der Waals surface area contributed by atoms with Crippen LogP contribution in [0, 0.1) is 11.3 Å². The zero-order chi connectivity index (χ0) is 20.6. The summed E-state index contributed by atoms with van der Waals surface area (Å²) in [6, 6.07) is 7.68.